The Hall–Kier alpha value is -1.79. The van der Waals surface area contributed by atoms with Crippen LogP contribution < -0.4 is 0 Å². The molecule has 6 heteroatoms. The SMILES string of the molecule is CC(=O)Cc1ccc2nc(CC3=NC[C@@]4(CN5CCC4CC5)O3)sc2c1. The predicted molar refractivity (Wildman–Crippen MR) is 103 cm³/mol. The topological polar surface area (TPSA) is 54.8 Å². The summed E-state index contributed by atoms with van der Waals surface area (Å²) >= 11 is 1.68. The van der Waals surface area contributed by atoms with E-state index in [0.717, 1.165) is 39.8 Å². The van der Waals surface area contributed by atoms with E-state index in [1.165, 1.54) is 25.9 Å². The zero-order valence-electron chi connectivity index (χ0n) is 15.0. The molecule has 0 unspecified atom stereocenters. The van der Waals surface area contributed by atoms with Crippen LogP contribution in [0, 0.1) is 5.92 Å². The molecule has 3 fully saturated rings. The van der Waals surface area contributed by atoms with E-state index in [0.29, 0.717) is 18.8 Å². The minimum atomic E-state index is -0.0722. The number of carbonyl (C=O) groups is 1. The second kappa shape index (κ2) is 6.13. The minimum Gasteiger partial charge on any atom is -0.470 e. The van der Waals surface area contributed by atoms with Gasteiger partial charge in [-0.1, -0.05) is 6.07 Å². The van der Waals surface area contributed by atoms with Gasteiger partial charge >= 0.3 is 0 Å². The minimum absolute atomic E-state index is 0.0722. The van der Waals surface area contributed by atoms with Crippen LogP contribution in [0.3, 0.4) is 0 Å². The molecule has 4 aliphatic rings. The van der Waals surface area contributed by atoms with Crippen LogP contribution in [0.1, 0.15) is 30.3 Å². The summed E-state index contributed by atoms with van der Waals surface area (Å²) in [4.78, 5) is 23.3. The first kappa shape index (κ1) is 16.4. The highest BCUT2D eigenvalue weighted by Gasteiger charge is 2.51. The number of hydrogen-bond donors (Lipinski definition) is 0. The molecule has 3 saturated heterocycles. The highest BCUT2D eigenvalue weighted by atomic mass is 32.1. The average Bonchev–Trinajstić information content (AvgIpc) is 3.19. The van der Waals surface area contributed by atoms with Gasteiger partial charge in [-0.25, -0.2) is 4.98 Å². The van der Waals surface area contributed by atoms with Gasteiger partial charge in [0.1, 0.15) is 16.4 Å². The zero-order chi connectivity index (χ0) is 17.7. The van der Waals surface area contributed by atoms with Crippen LogP contribution in [0.25, 0.3) is 10.2 Å². The number of benzene rings is 1. The van der Waals surface area contributed by atoms with Crippen molar-refractivity contribution < 1.29 is 9.53 Å². The first-order valence-electron chi connectivity index (χ1n) is 9.42. The molecule has 5 heterocycles. The number of rotatable bonds is 4. The molecule has 2 aromatic rings. The summed E-state index contributed by atoms with van der Waals surface area (Å²) < 4.78 is 7.56. The molecule has 0 radical (unpaired) electrons. The maximum absolute atomic E-state index is 11.3. The number of carbonyl (C=O) groups excluding carboxylic acids is 1. The van der Waals surface area contributed by atoms with E-state index in [1.54, 1.807) is 18.3 Å². The van der Waals surface area contributed by atoms with Gasteiger partial charge in [-0.15, -0.1) is 11.3 Å². The largest absolute Gasteiger partial charge is 0.470 e. The molecule has 0 N–H and O–H groups in total. The van der Waals surface area contributed by atoms with Crippen LogP contribution in [-0.2, 0) is 22.4 Å². The highest BCUT2D eigenvalue weighted by Crippen LogP contribution is 2.41. The van der Waals surface area contributed by atoms with Gasteiger partial charge < -0.3 is 4.74 Å². The van der Waals surface area contributed by atoms with Gasteiger partial charge in [0.2, 0.25) is 0 Å². The number of aliphatic imine (C=N–C) groups is 1. The number of ketones is 1. The second-order valence-corrected chi connectivity index (χ2v) is 9.01. The quantitative estimate of drug-likeness (QED) is 0.832. The third-order valence-electron chi connectivity index (χ3n) is 5.92. The van der Waals surface area contributed by atoms with Crippen molar-refractivity contribution in [2.24, 2.45) is 10.9 Å². The second-order valence-electron chi connectivity index (χ2n) is 7.89. The number of hydrogen-bond acceptors (Lipinski definition) is 6. The maximum Gasteiger partial charge on any atom is 0.191 e. The molecular formula is C20H23N3O2S. The summed E-state index contributed by atoms with van der Waals surface area (Å²) in [6, 6.07) is 6.10. The molecule has 6 rings (SSSR count). The molecule has 1 atom stereocenters. The first-order valence-corrected chi connectivity index (χ1v) is 10.2. The molecule has 0 aliphatic carbocycles. The van der Waals surface area contributed by atoms with Crippen LogP contribution in [0.2, 0.25) is 0 Å². The average molecular weight is 369 g/mol. The predicted octanol–water partition coefficient (Wildman–Crippen LogP) is 2.86. The Morgan fingerprint density at radius 3 is 2.96 bits per heavy atom. The molecule has 1 spiro atoms. The summed E-state index contributed by atoms with van der Waals surface area (Å²) in [6.45, 7) is 5.88. The molecule has 26 heavy (non-hydrogen) atoms. The summed E-state index contributed by atoms with van der Waals surface area (Å²) in [5, 5.41) is 1.04. The summed E-state index contributed by atoms with van der Waals surface area (Å²) in [5.41, 5.74) is 1.98. The molecule has 4 aliphatic heterocycles. The van der Waals surface area contributed by atoms with E-state index in [9.17, 15) is 4.79 Å². The van der Waals surface area contributed by atoms with Crippen LogP contribution in [0.15, 0.2) is 23.2 Å². The van der Waals surface area contributed by atoms with Crippen molar-refractivity contribution in [1.82, 2.24) is 9.88 Å². The van der Waals surface area contributed by atoms with Crippen molar-refractivity contribution in [3.05, 3.63) is 28.8 Å². The molecule has 0 amide bonds. The maximum atomic E-state index is 11.3. The van der Waals surface area contributed by atoms with Gasteiger partial charge in [-0.05, 0) is 50.6 Å². The molecular weight excluding hydrogens is 346 g/mol. The Labute approximate surface area is 157 Å². The Morgan fingerprint density at radius 1 is 1.38 bits per heavy atom. The van der Waals surface area contributed by atoms with Gasteiger partial charge in [0.25, 0.3) is 0 Å². The Kier molecular flexibility index (Phi) is 3.87. The zero-order valence-corrected chi connectivity index (χ0v) is 15.8. The summed E-state index contributed by atoms with van der Waals surface area (Å²) in [7, 11) is 0. The van der Waals surface area contributed by atoms with E-state index in [2.05, 4.69) is 11.0 Å². The number of thiazole rings is 1. The van der Waals surface area contributed by atoms with Crippen LogP contribution in [0.4, 0.5) is 0 Å². The van der Waals surface area contributed by atoms with Crippen molar-refractivity contribution in [2.75, 3.05) is 26.2 Å². The fraction of sp³-hybridized carbons (Fsp3) is 0.550. The van der Waals surface area contributed by atoms with Crippen molar-refractivity contribution in [1.29, 1.82) is 0 Å². The normalized spacial score (nSPS) is 30.0. The van der Waals surface area contributed by atoms with E-state index in [-0.39, 0.29) is 11.4 Å². The molecule has 0 saturated carbocycles. The lowest BCUT2D eigenvalue weighted by Gasteiger charge is -2.50. The standard InChI is InChI=1S/C20H23N3O2S/c1-13(24)8-14-2-3-16-17(9-14)26-19(22-16)10-18-21-11-20(25-18)12-23-6-4-15(20)5-7-23/h2-3,9,15H,4-8,10-12H2,1H3/t20-/m0/s1. The number of Topliss-reactive ketones (excluding diaryl/α,β-unsaturated/α-hetero) is 1. The van der Waals surface area contributed by atoms with Gasteiger partial charge in [0.15, 0.2) is 5.90 Å². The lowest BCUT2D eigenvalue weighted by Crippen LogP contribution is -2.60. The van der Waals surface area contributed by atoms with E-state index in [1.807, 2.05) is 12.1 Å². The van der Waals surface area contributed by atoms with E-state index < -0.39 is 0 Å². The van der Waals surface area contributed by atoms with E-state index in [4.69, 9.17) is 14.7 Å². The fourth-order valence-corrected chi connectivity index (χ4v) is 5.67. The van der Waals surface area contributed by atoms with Crippen molar-refractivity contribution >= 4 is 33.2 Å². The molecule has 2 bridgehead atoms. The van der Waals surface area contributed by atoms with Gasteiger partial charge in [-0.2, -0.15) is 0 Å². The third kappa shape index (κ3) is 2.85. The van der Waals surface area contributed by atoms with Crippen molar-refractivity contribution in [2.45, 2.75) is 38.2 Å². The number of ether oxygens (including phenoxy) is 1. The number of fused-ring (bicyclic) bond motifs is 3. The van der Waals surface area contributed by atoms with Gasteiger partial charge in [-0.3, -0.25) is 14.7 Å². The van der Waals surface area contributed by atoms with Crippen LogP contribution in [-0.4, -0.2) is 53.3 Å². The Bertz CT molecular complexity index is 898. The summed E-state index contributed by atoms with van der Waals surface area (Å²) in [5.74, 6) is 1.69. The smallest absolute Gasteiger partial charge is 0.191 e. The molecule has 1 aromatic carbocycles. The Morgan fingerprint density at radius 2 is 2.23 bits per heavy atom. The fourth-order valence-electron chi connectivity index (χ4n) is 4.65. The lowest BCUT2D eigenvalue weighted by atomic mass is 9.75. The molecule has 136 valence electrons. The van der Waals surface area contributed by atoms with Crippen molar-refractivity contribution in [3.8, 4) is 0 Å². The van der Waals surface area contributed by atoms with E-state index >= 15 is 0 Å². The number of nitrogens with zero attached hydrogens (tertiary/aromatic N) is 3. The van der Waals surface area contributed by atoms with Gasteiger partial charge in [0.05, 0.1) is 23.2 Å². The van der Waals surface area contributed by atoms with Crippen molar-refractivity contribution in [3.63, 3.8) is 0 Å². The highest BCUT2D eigenvalue weighted by molar-refractivity contribution is 7.18. The molecule has 1 aromatic heterocycles. The Balaban J connectivity index is 1.31. The first-order chi connectivity index (χ1) is 12.6. The third-order valence-corrected chi connectivity index (χ3v) is 6.94. The van der Waals surface area contributed by atoms with Crippen LogP contribution in [0.5, 0.6) is 0 Å². The van der Waals surface area contributed by atoms with Gasteiger partial charge in [0, 0.05) is 18.9 Å². The van der Waals surface area contributed by atoms with Crippen LogP contribution >= 0.6 is 11.3 Å². The summed E-state index contributed by atoms with van der Waals surface area (Å²) in [6.07, 6.45) is 3.64. The molecule has 5 nitrogen and oxygen atoms in total. The number of piperidine rings is 3. The number of aromatic nitrogens is 1. The monoisotopic (exact) mass is 369 g/mol. The lowest BCUT2D eigenvalue weighted by molar-refractivity contribution is -0.116.